The van der Waals surface area contributed by atoms with Crippen molar-refractivity contribution in [3.63, 3.8) is 0 Å². The highest BCUT2D eigenvalue weighted by Crippen LogP contribution is 2.27. The average molecular weight is 247 g/mol. The van der Waals surface area contributed by atoms with Crippen molar-refractivity contribution in [2.75, 3.05) is 7.11 Å². The molecule has 0 aliphatic carbocycles. The maximum absolute atomic E-state index is 13.4. The van der Waals surface area contributed by atoms with E-state index in [4.69, 9.17) is 4.74 Å². The highest BCUT2D eigenvalue weighted by Gasteiger charge is 2.11. The van der Waals surface area contributed by atoms with Crippen LogP contribution in [0.4, 0.5) is 4.39 Å². The Labute approximate surface area is 83.8 Å². The van der Waals surface area contributed by atoms with Crippen molar-refractivity contribution >= 4 is 22.2 Å². The lowest BCUT2D eigenvalue weighted by atomic mass is 10.1. The van der Waals surface area contributed by atoms with Gasteiger partial charge in [-0.2, -0.15) is 0 Å². The zero-order chi connectivity index (χ0) is 9.84. The second-order valence-corrected chi connectivity index (χ2v) is 3.27. The fraction of sp³-hybridized carbons (Fsp3) is 0.222. The summed E-state index contributed by atoms with van der Waals surface area (Å²) < 4.78 is 18.6. The Kier molecular flexibility index (Phi) is 3.42. The molecule has 0 amide bonds. The van der Waals surface area contributed by atoms with Gasteiger partial charge in [0, 0.05) is 12.0 Å². The van der Waals surface area contributed by atoms with Gasteiger partial charge in [-0.05, 0) is 28.1 Å². The van der Waals surface area contributed by atoms with Crippen LogP contribution in [0.5, 0.6) is 5.75 Å². The monoisotopic (exact) mass is 246 g/mol. The first-order chi connectivity index (χ1) is 6.20. The van der Waals surface area contributed by atoms with Crippen LogP contribution in [0.1, 0.15) is 5.56 Å². The summed E-state index contributed by atoms with van der Waals surface area (Å²) in [4.78, 5) is 10.3. The molecule has 1 aromatic rings. The highest BCUT2D eigenvalue weighted by atomic mass is 79.9. The number of carbonyl (C=O) groups is 1. The lowest BCUT2D eigenvalue weighted by Gasteiger charge is -2.07. The third kappa shape index (κ3) is 2.06. The summed E-state index contributed by atoms with van der Waals surface area (Å²) in [7, 11) is 1.44. The second-order valence-electron chi connectivity index (χ2n) is 2.41. The van der Waals surface area contributed by atoms with Gasteiger partial charge in [0.15, 0.2) is 0 Å². The van der Waals surface area contributed by atoms with Crippen LogP contribution in [-0.4, -0.2) is 13.4 Å². The highest BCUT2D eigenvalue weighted by molar-refractivity contribution is 9.10. The third-order valence-electron chi connectivity index (χ3n) is 1.66. The van der Waals surface area contributed by atoms with Gasteiger partial charge in [0.2, 0.25) is 0 Å². The van der Waals surface area contributed by atoms with Gasteiger partial charge in [0.25, 0.3) is 0 Å². The first-order valence-electron chi connectivity index (χ1n) is 3.65. The van der Waals surface area contributed by atoms with Gasteiger partial charge in [-0.25, -0.2) is 4.39 Å². The second kappa shape index (κ2) is 4.37. The molecule has 0 spiro atoms. The SMILES string of the molecule is COc1ccc(Br)c(F)c1CC=O. The van der Waals surface area contributed by atoms with Crippen LogP contribution < -0.4 is 4.74 Å². The minimum atomic E-state index is -0.438. The molecular formula is C9H8BrFO2. The van der Waals surface area contributed by atoms with Crippen LogP contribution in [-0.2, 0) is 11.2 Å². The smallest absolute Gasteiger partial charge is 0.144 e. The van der Waals surface area contributed by atoms with E-state index in [0.29, 0.717) is 16.5 Å². The predicted octanol–water partition coefficient (Wildman–Crippen LogP) is 2.34. The van der Waals surface area contributed by atoms with Gasteiger partial charge in [0.05, 0.1) is 11.6 Å². The van der Waals surface area contributed by atoms with E-state index in [2.05, 4.69) is 15.9 Å². The molecule has 2 nitrogen and oxygen atoms in total. The molecule has 0 atom stereocenters. The standard InChI is InChI=1S/C9H8BrFO2/c1-13-8-3-2-7(10)9(11)6(8)4-5-12/h2-3,5H,4H2,1H3. The van der Waals surface area contributed by atoms with Gasteiger partial charge in [0.1, 0.15) is 17.9 Å². The molecule has 0 heterocycles. The molecule has 0 N–H and O–H groups in total. The molecule has 0 fully saturated rings. The number of ether oxygens (including phenoxy) is 1. The third-order valence-corrected chi connectivity index (χ3v) is 2.27. The summed E-state index contributed by atoms with van der Waals surface area (Å²) in [5.41, 5.74) is 0.284. The normalized spacial score (nSPS) is 9.77. The number of aldehydes is 1. The molecular weight excluding hydrogens is 239 g/mol. The number of benzene rings is 1. The maximum atomic E-state index is 13.4. The predicted molar refractivity (Wildman–Crippen MR) is 50.4 cm³/mol. The van der Waals surface area contributed by atoms with Crippen molar-refractivity contribution in [3.8, 4) is 5.75 Å². The quantitative estimate of drug-likeness (QED) is 0.766. The Morgan fingerprint density at radius 3 is 2.85 bits per heavy atom. The largest absolute Gasteiger partial charge is 0.496 e. The molecule has 1 rings (SSSR count). The van der Waals surface area contributed by atoms with E-state index < -0.39 is 5.82 Å². The van der Waals surface area contributed by atoms with Crippen molar-refractivity contribution in [2.45, 2.75) is 6.42 Å². The fourth-order valence-electron chi connectivity index (χ4n) is 1.04. The summed E-state index contributed by atoms with van der Waals surface area (Å²) in [5.74, 6) is -0.0424. The molecule has 0 saturated carbocycles. The Hall–Kier alpha value is -0.900. The Bertz CT molecular complexity index is 326. The lowest BCUT2D eigenvalue weighted by Crippen LogP contribution is -1.97. The number of methoxy groups -OCH3 is 1. The molecule has 4 heteroatoms. The molecule has 0 aliphatic heterocycles. The summed E-state index contributed by atoms with van der Waals surface area (Å²) in [6.07, 6.45) is 0.668. The van der Waals surface area contributed by atoms with Crippen LogP contribution in [0.25, 0.3) is 0 Å². The maximum Gasteiger partial charge on any atom is 0.144 e. The molecule has 70 valence electrons. The fourth-order valence-corrected chi connectivity index (χ4v) is 1.41. The number of halogens is 2. The van der Waals surface area contributed by atoms with Gasteiger partial charge in [-0.15, -0.1) is 0 Å². The molecule has 0 bridgehead atoms. The van der Waals surface area contributed by atoms with Gasteiger partial charge < -0.3 is 9.53 Å². The van der Waals surface area contributed by atoms with E-state index in [0.717, 1.165) is 0 Å². The molecule has 0 unspecified atom stereocenters. The van der Waals surface area contributed by atoms with Crippen molar-refractivity contribution in [1.29, 1.82) is 0 Å². The number of rotatable bonds is 3. The lowest BCUT2D eigenvalue weighted by molar-refractivity contribution is -0.107. The molecule has 0 aliphatic rings. The van der Waals surface area contributed by atoms with Gasteiger partial charge in [-0.1, -0.05) is 0 Å². The summed E-state index contributed by atoms with van der Waals surface area (Å²) in [6.45, 7) is 0. The minimum absolute atomic E-state index is 0.0223. The van der Waals surface area contributed by atoms with E-state index in [9.17, 15) is 9.18 Å². The van der Waals surface area contributed by atoms with Crippen molar-refractivity contribution in [2.24, 2.45) is 0 Å². The minimum Gasteiger partial charge on any atom is -0.496 e. The zero-order valence-electron chi connectivity index (χ0n) is 7.01. The Morgan fingerprint density at radius 2 is 2.31 bits per heavy atom. The molecule has 13 heavy (non-hydrogen) atoms. The van der Waals surface area contributed by atoms with Crippen LogP contribution in [0.2, 0.25) is 0 Å². The van der Waals surface area contributed by atoms with E-state index in [1.165, 1.54) is 7.11 Å². The Balaban J connectivity index is 3.23. The summed E-state index contributed by atoms with van der Waals surface area (Å²) in [6, 6.07) is 3.16. The number of hydrogen-bond donors (Lipinski definition) is 0. The Morgan fingerprint density at radius 1 is 1.62 bits per heavy atom. The van der Waals surface area contributed by atoms with Crippen molar-refractivity contribution in [3.05, 3.63) is 28.0 Å². The number of hydrogen-bond acceptors (Lipinski definition) is 2. The van der Waals surface area contributed by atoms with Crippen LogP contribution >= 0.6 is 15.9 Å². The van der Waals surface area contributed by atoms with Gasteiger partial charge >= 0.3 is 0 Å². The molecule has 0 radical (unpaired) electrons. The van der Waals surface area contributed by atoms with E-state index in [-0.39, 0.29) is 12.0 Å². The van der Waals surface area contributed by atoms with Crippen LogP contribution in [0.15, 0.2) is 16.6 Å². The molecule has 0 saturated heterocycles. The molecule has 0 aromatic heterocycles. The first-order valence-corrected chi connectivity index (χ1v) is 4.44. The topological polar surface area (TPSA) is 26.3 Å². The number of carbonyl (C=O) groups excluding carboxylic acids is 1. The summed E-state index contributed by atoms with van der Waals surface area (Å²) in [5, 5.41) is 0. The van der Waals surface area contributed by atoms with Crippen LogP contribution in [0.3, 0.4) is 0 Å². The zero-order valence-corrected chi connectivity index (χ0v) is 8.60. The van der Waals surface area contributed by atoms with E-state index in [1.807, 2.05) is 0 Å². The van der Waals surface area contributed by atoms with E-state index >= 15 is 0 Å². The summed E-state index contributed by atoms with van der Waals surface area (Å²) >= 11 is 3.03. The van der Waals surface area contributed by atoms with Crippen molar-refractivity contribution < 1.29 is 13.9 Å². The van der Waals surface area contributed by atoms with E-state index in [1.54, 1.807) is 12.1 Å². The van der Waals surface area contributed by atoms with Crippen LogP contribution in [0, 0.1) is 5.82 Å². The first kappa shape index (κ1) is 10.2. The molecule has 1 aromatic carbocycles. The van der Waals surface area contributed by atoms with Crippen molar-refractivity contribution in [1.82, 2.24) is 0 Å². The average Bonchev–Trinajstić information content (AvgIpc) is 2.14. The van der Waals surface area contributed by atoms with Gasteiger partial charge in [-0.3, -0.25) is 0 Å².